The van der Waals surface area contributed by atoms with E-state index in [1.54, 1.807) is 24.4 Å². The predicted octanol–water partition coefficient (Wildman–Crippen LogP) is 3.32. The Morgan fingerprint density at radius 3 is 2.58 bits per heavy atom. The van der Waals surface area contributed by atoms with E-state index < -0.39 is 12.8 Å². The number of carbonyl (C=O) groups is 1. The highest BCUT2D eigenvalue weighted by Crippen LogP contribution is 2.19. The summed E-state index contributed by atoms with van der Waals surface area (Å²) in [6.07, 6.45) is -0.950. The Hall–Kier alpha value is -2.29. The first-order valence-electron chi connectivity index (χ1n) is 6.81. The molecular weight excluding hydrogens is 343 g/mol. The number of benzene rings is 1. The maximum atomic E-state index is 12.1. The third kappa shape index (κ3) is 6.07. The molecule has 0 atom stereocenters. The van der Waals surface area contributed by atoms with Crippen LogP contribution in [0.25, 0.3) is 0 Å². The Morgan fingerprint density at radius 2 is 1.96 bits per heavy atom. The van der Waals surface area contributed by atoms with Crippen molar-refractivity contribution >= 4 is 23.5 Å². The molecule has 2 aromatic rings. The van der Waals surface area contributed by atoms with Crippen LogP contribution in [-0.2, 0) is 11.2 Å². The lowest BCUT2D eigenvalue weighted by Crippen LogP contribution is -2.19. The molecule has 5 nitrogen and oxygen atoms in total. The normalized spacial score (nSPS) is 11.2. The van der Waals surface area contributed by atoms with Gasteiger partial charge in [0.1, 0.15) is 11.6 Å². The van der Waals surface area contributed by atoms with Crippen molar-refractivity contribution in [3.63, 3.8) is 0 Å². The second kappa shape index (κ2) is 8.00. The number of hydrogen-bond acceptors (Lipinski definition) is 5. The van der Waals surface area contributed by atoms with Crippen LogP contribution in [0.2, 0.25) is 0 Å². The van der Waals surface area contributed by atoms with Crippen LogP contribution in [0.1, 0.15) is 5.56 Å². The van der Waals surface area contributed by atoms with Crippen LogP contribution in [0.5, 0.6) is 5.75 Å². The van der Waals surface area contributed by atoms with E-state index in [1.807, 2.05) is 6.26 Å². The average Bonchev–Trinajstić information content (AvgIpc) is 2.53. The molecular formula is C15H14F3N3O2S. The van der Waals surface area contributed by atoms with E-state index in [4.69, 9.17) is 0 Å². The summed E-state index contributed by atoms with van der Waals surface area (Å²) < 4.78 is 40.8. The molecule has 128 valence electrons. The summed E-state index contributed by atoms with van der Waals surface area (Å²) in [4.78, 5) is 20.1. The van der Waals surface area contributed by atoms with E-state index in [9.17, 15) is 18.0 Å². The molecule has 0 aliphatic carbocycles. The zero-order valence-electron chi connectivity index (χ0n) is 12.6. The Balaban J connectivity index is 1.89. The Bertz CT molecular complexity index is 693. The molecule has 1 N–H and O–H groups in total. The summed E-state index contributed by atoms with van der Waals surface area (Å²) in [6, 6.07) is 7.44. The highest BCUT2D eigenvalue weighted by molar-refractivity contribution is 7.98. The molecule has 1 aromatic carbocycles. The van der Waals surface area contributed by atoms with Gasteiger partial charge in [0.15, 0.2) is 11.8 Å². The molecule has 1 aromatic heterocycles. The monoisotopic (exact) mass is 357 g/mol. The predicted molar refractivity (Wildman–Crippen MR) is 84.1 cm³/mol. The molecule has 0 radical (unpaired) electrons. The first-order chi connectivity index (χ1) is 11.4. The van der Waals surface area contributed by atoms with Gasteiger partial charge in [-0.25, -0.2) is 9.97 Å². The minimum atomic E-state index is -4.38. The van der Waals surface area contributed by atoms with Crippen LogP contribution < -0.4 is 10.1 Å². The summed E-state index contributed by atoms with van der Waals surface area (Å²) >= 11 is 1.35. The number of nitrogens with zero attached hydrogens (tertiary/aromatic N) is 2. The van der Waals surface area contributed by atoms with Crippen molar-refractivity contribution in [2.45, 2.75) is 17.8 Å². The molecule has 0 aliphatic heterocycles. The zero-order chi connectivity index (χ0) is 17.6. The van der Waals surface area contributed by atoms with Crippen molar-refractivity contribution in [2.24, 2.45) is 0 Å². The van der Waals surface area contributed by atoms with Gasteiger partial charge in [-0.15, -0.1) is 0 Å². The molecule has 9 heteroatoms. The molecule has 24 heavy (non-hydrogen) atoms. The Labute approximate surface area is 140 Å². The van der Waals surface area contributed by atoms with E-state index in [1.165, 1.54) is 23.9 Å². The summed E-state index contributed by atoms with van der Waals surface area (Å²) in [5, 5.41) is 3.18. The number of hydrogen-bond donors (Lipinski definition) is 1. The number of anilines is 1. The number of amides is 1. The van der Waals surface area contributed by atoms with E-state index in [0.29, 0.717) is 16.5 Å². The van der Waals surface area contributed by atoms with Gasteiger partial charge < -0.3 is 10.1 Å². The first-order valence-corrected chi connectivity index (χ1v) is 8.03. The number of aromatic nitrogens is 2. The van der Waals surface area contributed by atoms with Gasteiger partial charge in [-0.05, 0) is 30.0 Å². The first kappa shape index (κ1) is 18.1. The van der Waals surface area contributed by atoms with Crippen molar-refractivity contribution < 1.29 is 22.7 Å². The van der Waals surface area contributed by atoms with Gasteiger partial charge >= 0.3 is 6.18 Å². The van der Waals surface area contributed by atoms with E-state index >= 15 is 0 Å². The lowest BCUT2D eigenvalue weighted by Gasteiger charge is -2.09. The SMILES string of the molecule is CSc1nccc(NC(=O)Cc2ccc(OCC(F)(F)F)cc2)n1. The van der Waals surface area contributed by atoms with Crippen LogP contribution in [0.4, 0.5) is 19.0 Å². The fourth-order valence-corrected chi connectivity index (χ4v) is 2.11. The van der Waals surface area contributed by atoms with Crippen LogP contribution in [0.3, 0.4) is 0 Å². The standard InChI is InChI=1S/C15H14F3N3O2S/c1-24-14-19-7-6-12(21-14)20-13(22)8-10-2-4-11(5-3-10)23-9-15(16,17)18/h2-7H,8-9H2,1H3,(H,19,20,21,22). The molecule has 0 saturated heterocycles. The average molecular weight is 357 g/mol. The van der Waals surface area contributed by atoms with Gasteiger partial charge in [0.2, 0.25) is 5.91 Å². The summed E-state index contributed by atoms with van der Waals surface area (Å²) in [7, 11) is 0. The molecule has 0 aliphatic rings. The summed E-state index contributed by atoms with van der Waals surface area (Å²) in [5.74, 6) is 0.200. The number of carbonyl (C=O) groups excluding carboxylic acids is 1. The molecule has 2 rings (SSSR count). The smallest absolute Gasteiger partial charge is 0.422 e. The maximum absolute atomic E-state index is 12.1. The minimum Gasteiger partial charge on any atom is -0.484 e. The Kier molecular flexibility index (Phi) is 6.02. The lowest BCUT2D eigenvalue weighted by atomic mass is 10.1. The van der Waals surface area contributed by atoms with Crippen molar-refractivity contribution in [1.29, 1.82) is 0 Å². The minimum absolute atomic E-state index is 0.0676. The van der Waals surface area contributed by atoms with Crippen LogP contribution in [0.15, 0.2) is 41.7 Å². The van der Waals surface area contributed by atoms with Crippen molar-refractivity contribution in [3.05, 3.63) is 42.1 Å². The van der Waals surface area contributed by atoms with Crippen molar-refractivity contribution in [1.82, 2.24) is 9.97 Å². The molecule has 0 unspecified atom stereocenters. The highest BCUT2D eigenvalue weighted by Gasteiger charge is 2.28. The number of ether oxygens (including phenoxy) is 1. The fraction of sp³-hybridized carbons (Fsp3) is 0.267. The van der Waals surface area contributed by atoms with Gasteiger partial charge in [-0.3, -0.25) is 4.79 Å². The fourth-order valence-electron chi connectivity index (χ4n) is 1.75. The van der Waals surface area contributed by atoms with Gasteiger partial charge in [0.25, 0.3) is 0 Å². The van der Waals surface area contributed by atoms with Crippen LogP contribution in [0, 0.1) is 0 Å². The molecule has 1 amide bonds. The van der Waals surface area contributed by atoms with E-state index in [-0.39, 0.29) is 18.1 Å². The number of alkyl halides is 3. The quantitative estimate of drug-likeness (QED) is 0.635. The van der Waals surface area contributed by atoms with Gasteiger partial charge in [-0.2, -0.15) is 13.2 Å². The summed E-state index contributed by atoms with van der Waals surface area (Å²) in [5.41, 5.74) is 0.644. The molecule has 1 heterocycles. The maximum Gasteiger partial charge on any atom is 0.422 e. The number of thioether (sulfide) groups is 1. The number of rotatable bonds is 6. The molecule has 0 spiro atoms. The second-order valence-corrected chi connectivity index (χ2v) is 5.47. The third-order valence-corrected chi connectivity index (χ3v) is 3.34. The van der Waals surface area contributed by atoms with E-state index in [2.05, 4.69) is 20.0 Å². The van der Waals surface area contributed by atoms with Gasteiger partial charge in [0.05, 0.1) is 6.42 Å². The topological polar surface area (TPSA) is 64.1 Å². The van der Waals surface area contributed by atoms with Gasteiger partial charge in [-0.1, -0.05) is 23.9 Å². The van der Waals surface area contributed by atoms with Crippen LogP contribution >= 0.6 is 11.8 Å². The van der Waals surface area contributed by atoms with E-state index in [0.717, 1.165) is 0 Å². The van der Waals surface area contributed by atoms with Crippen molar-refractivity contribution in [3.8, 4) is 5.75 Å². The second-order valence-electron chi connectivity index (χ2n) is 4.70. The number of halogens is 3. The number of nitrogens with one attached hydrogen (secondary N) is 1. The van der Waals surface area contributed by atoms with Crippen molar-refractivity contribution in [2.75, 3.05) is 18.2 Å². The lowest BCUT2D eigenvalue weighted by molar-refractivity contribution is -0.153. The van der Waals surface area contributed by atoms with Gasteiger partial charge in [0, 0.05) is 6.20 Å². The van der Waals surface area contributed by atoms with Crippen LogP contribution in [-0.4, -0.2) is 34.9 Å². The molecule has 0 saturated carbocycles. The Morgan fingerprint density at radius 1 is 1.25 bits per heavy atom. The largest absolute Gasteiger partial charge is 0.484 e. The molecule has 0 bridgehead atoms. The third-order valence-electron chi connectivity index (χ3n) is 2.77. The zero-order valence-corrected chi connectivity index (χ0v) is 13.4. The summed E-state index contributed by atoms with van der Waals surface area (Å²) in [6.45, 7) is -1.35. The highest BCUT2D eigenvalue weighted by atomic mass is 32.2. The molecule has 0 fully saturated rings.